The molecule has 0 spiro atoms. The quantitative estimate of drug-likeness (QED) is 0.318. The van der Waals surface area contributed by atoms with Gasteiger partial charge < -0.3 is 35.3 Å². The molecule has 10 heteroatoms. The van der Waals surface area contributed by atoms with Gasteiger partial charge in [-0.15, -0.1) is 0 Å². The average Bonchev–Trinajstić information content (AvgIpc) is 2.54. The SMILES string of the molecule is CC(=O)N[C@@H]1[C@@H](Oc2ccc([NH+]([O-])O)cc2)O[C@@H](CO)[C@H](O)[C@H]1O. The third kappa shape index (κ3) is 4.19. The number of carbonyl (C=O) groups excluding carboxylic acids is 1. The first-order valence-corrected chi connectivity index (χ1v) is 7.23. The Morgan fingerprint density at radius 1 is 1.33 bits per heavy atom. The van der Waals surface area contributed by atoms with E-state index < -0.39 is 48.4 Å². The number of carbonyl (C=O) groups is 1. The largest absolute Gasteiger partial charge is 0.595 e. The highest BCUT2D eigenvalue weighted by atomic mass is 16.8. The van der Waals surface area contributed by atoms with E-state index >= 15 is 0 Å². The first-order valence-electron chi connectivity index (χ1n) is 7.23. The maximum absolute atomic E-state index is 11.3. The fourth-order valence-corrected chi connectivity index (χ4v) is 2.38. The topological polar surface area (TPSA) is 156 Å². The molecule has 6 atom stereocenters. The van der Waals surface area contributed by atoms with E-state index in [9.17, 15) is 25.3 Å². The highest BCUT2D eigenvalue weighted by molar-refractivity contribution is 5.73. The Morgan fingerprint density at radius 2 is 1.96 bits per heavy atom. The maximum atomic E-state index is 11.3. The zero-order valence-electron chi connectivity index (χ0n) is 12.8. The van der Waals surface area contributed by atoms with Crippen LogP contribution < -0.4 is 15.3 Å². The fourth-order valence-electron chi connectivity index (χ4n) is 2.38. The second kappa shape index (κ2) is 7.85. The Labute approximate surface area is 137 Å². The number of ether oxygens (including phenoxy) is 2. The van der Waals surface area contributed by atoms with Crippen molar-refractivity contribution in [2.75, 3.05) is 6.61 Å². The Bertz CT molecular complexity index is 552. The lowest BCUT2D eigenvalue weighted by atomic mass is 9.97. The summed E-state index contributed by atoms with van der Waals surface area (Å²) < 4.78 is 10.9. The van der Waals surface area contributed by atoms with E-state index in [0.717, 1.165) is 0 Å². The van der Waals surface area contributed by atoms with Gasteiger partial charge in [-0.1, -0.05) is 0 Å². The van der Waals surface area contributed by atoms with Crippen LogP contribution in [0.2, 0.25) is 0 Å². The van der Waals surface area contributed by atoms with Crippen LogP contribution in [0.25, 0.3) is 0 Å². The molecule has 2 rings (SSSR count). The number of amides is 1. The van der Waals surface area contributed by atoms with Gasteiger partial charge in [-0.3, -0.25) is 4.79 Å². The molecule has 1 fully saturated rings. The van der Waals surface area contributed by atoms with Crippen LogP contribution in [0.5, 0.6) is 5.75 Å². The summed E-state index contributed by atoms with van der Waals surface area (Å²) in [6.45, 7) is 0.679. The van der Waals surface area contributed by atoms with Crippen LogP contribution in [0.15, 0.2) is 24.3 Å². The van der Waals surface area contributed by atoms with Gasteiger partial charge in [-0.05, 0) is 12.1 Å². The molecular formula is C14H20N2O8. The van der Waals surface area contributed by atoms with Gasteiger partial charge in [-0.2, -0.15) is 5.23 Å². The molecule has 134 valence electrons. The summed E-state index contributed by atoms with van der Waals surface area (Å²) in [5.41, 5.74) is 0.0639. The molecule has 1 amide bonds. The molecule has 0 radical (unpaired) electrons. The third-order valence-electron chi connectivity index (χ3n) is 3.60. The minimum absolute atomic E-state index is 0.0639. The van der Waals surface area contributed by atoms with Crippen LogP contribution in [-0.4, -0.2) is 63.7 Å². The van der Waals surface area contributed by atoms with Gasteiger partial charge in [-0.25, -0.2) is 5.21 Å². The Balaban J connectivity index is 2.17. The van der Waals surface area contributed by atoms with Crippen LogP contribution in [0, 0.1) is 5.21 Å². The number of hydrogen-bond acceptors (Lipinski definition) is 8. The molecule has 1 aromatic carbocycles. The van der Waals surface area contributed by atoms with Crippen LogP contribution in [0.1, 0.15) is 6.92 Å². The van der Waals surface area contributed by atoms with Crippen molar-refractivity contribution in [2.24, 2.45) is 0 Å². The molecule has 1 aliphatic rings. The van der Waals surface area contributed by atoms with Crippen LogP contribution in [0.3, 0.4) is 0 Å². The monoisotopic (exact) mass is 344 g/mol. The molecule has 1 aliphatic heterocycles. The molecule has 6 N–H and O–H groups in total. The first-order chi connectivity index (χ1) is 11.3. The Morgan fingerprint density at radius 3 is 2.46 bits per heavy atom. The van der Waals surface area contributed by atoms with Gasteiger partial charge in [0, 0.05) is 19.1 Å². The number of rotatable bonds is 5. The fraction of sp³-hybridized carbons (Fsp3) is 0.500. The maximum Gasteiger partial charge on any atom is 0.223 e. The summed E-state index contributed by atoms with van der Waals surface area (Å²) in [6, 6.07) is 4.36. The van der Waals surface area contributed by atoms with E-state index in [-0.39, 0.29) is 11.4 Å². The van der Waals surface area contributed by atoms with Gasteiger partial charge in [0.2, 0.25) is 12.2 Å². The zero-order valence-corrected chi connectivity index (χ0v) is 12.8. The van der Waals surface area contributed by atoms with Crippen molar-refractivity contribution in [3.05, 3.63) is 29.5 Å². The average molecular weight is 344 g/mol. The van der Waals surface area contributed by atoms with Gasteiger partial charge in [0.05, 0.1) is 6.61 Å². The second-order valence-electron chi connectivity index (χ2n) is 5.38. The summed E-state index contributed by atoms with van der Waals surface area (Å²) in [6.07, 6.45) is -5.09. The number of quaternary nitrogens is 1. The summed E-state index contributed by atoms with van der Waals surface area (Å²) in [5, 5.41) is 50.3. The van der Waals surface area contributed by atoms with Crippen molar-refractivity contribution in [1.82, 2.24) is 5.32 Å². The van der Waals surface area contributed by atoms with Gasteiger partial charge in [0.15, 0.2) is 5.69 Å². The number of hydrogen-bond donors (Lipinski definition) is 6. The lowest BCUT2D eigenvalue weighted by Crippen LogP contribution is -2.99. The molecule has 1 aromatic rings. The van der Waals surface area contributed by atoms with Crippen LogP contribution in [-0.2, 0) is 9.53 Å². The third-order valence-corrected chi connectivity index (χ3v) is 3.60. The highest BCUT2D eigenvalue weighted by Crippen LogP contribution is 2.24. The number of benzene rings is 1. The van der Waals surface area contributed by atoms with Crippen LogP contribution in [0.4, 0.5) is 5.69 Å². The van der Waals surface area contributed by atoms with Crippen molar-refractivity contribution in [1.29, 1.82) is 0 Å². The van der Waals surface area contributed by atoms with E-state index in [1.807, 2.05) is 0 Å². The summed E-state index contributed by atoms with van der Waals surface area (Å²) in [4.78, 5) is 11.3. The first kappa shape index (κ1) is 18.5. The van der Waals surface area contributed by atoms with E-state index in [2.05, 4.69) is 5.32 Å². The number of aliphatic hydroxyl groups excluding tert-OH is 3. The van der Waals surface area contributed by atoms with Crippen molar-refractivity contribution < 1.29 is 40.0 Å². The predicted molar refractivity (Wildman–Crippen MR) is 78.2 cm³/mol. The van der Waals surface area contributed by atoms with Crippen molar-refractivity contribution in [3.8, 4) is 5.75 Å². The van der Waals surface area contributed by atoms with Crippen LogP contribution >= 0.6 is 0 Å². The molecule has 0 bridgehead atoms. The summed E-state index contributed by atoms with van der Waals surface area (Å²) >= 11 is 0. The van der Waals surface area contributed by atoms with E-state index in [1.165, 1.54) is 31.2 Å². The van der Waals surface area contributed by atoms with Gasteiger partial charge in [0.1, 0.15) is 30.1 Å². The highest BCUT2D eigenvalue weighted by Gasteiger charge is 2.46. The number of nitrogens with one attached hydrogen (secondary N) is 2. The van der Waals surface area contributed by atoms with E-state index in [1.54, 1.807) is 0 Å². The molecular weight excluding hydrogens is 324 g/mol. The molecule has 0 aromatic heterocycles. The van der Waals surface area contributed by atoms with E-state index in [4.69, 9.17) is 14.7 Å². The van der Waals surface area contributed by atoms with Crippen molar-refractivity contribution in [2.45, 2.75) is 37.6 Å². The Hall–Kier alpha value is -1.79. The summed E-state index contributed by atoms with van der Waals surface area (Å²) in [7, 11) is 0. The molecule has 1 unspecified atom stereocenters. The standard InChI is InChI=1S/C14H20N2O8/c1-7(18)15-11-13(20)12(19)10(6-17)24-14(11)23-9-4-2-8(3-5-9)16(21)22/h2-5,10-14,16-17,19-21H,6H2,1H3,(H,15,18)/t10-,11-,12-,13-,14-/m0/s1. The predicted octanol–water partition coefficient (Wildman–Crippen LogP) is -2.59. The van der Waals surface area contributed by atoms with Crippen molar-refractivity contribution >= 4 is 11.6 Å². The van der Waals surface area contributed by atoms with Gasteiger partial charge in [0.25, 0.3) is 0 Å². The smallest absolute Gasteiger partial charge is 0.223 e. The summed E-state index contributed by atoms with van der Waals surface area (Å²) in [5.74, 6) is -0.229. The van der Waals surface area contributed by atoms with E-state index in [0.29, 0.717) is 0 Å². The minimum Gasteiger partial charge on any atom is -0.595 e. The lowest BCUT2D eigenvalue weighted by molar-refractivity contribution is -0.991. The molecule has 24 heavy (non-hydrogen) atoms. The molecule has 10 nitrogen and oxygen atoms in total. The van der Waals surface area contributed by atoms with Crippen molar-refractivity contribution in [3.63, 3.8) is 0 Å². The zero-order chi connectivity index (χ0) is 17.9. The normalized spacial score (nSPS) is 31.3. The molecule has 0 aliphatic carbocycles. The number of aliphatic hydroxyl groups is 3. The molecule has 1 saturated heterocycles. The minimum atomic E-state index is -1.41. The molecule has 1 heterocycles. The van der Waals surface area contributed by atoms with Gasteiger partial charge >= 0.3 is 0 Å². The lowest BCUT2D eigenvalue weighted by Gasteiger charge is -2.42. The second-order valence-corrected chi connectivity index (χ2v) is 5.38. The Kier molecular flexibility index (Phi) is 6.07. The molecule has 0 saturated carbocycles.